The van der Waals surface area contributed by atoms with Gasteiger partial charge in [0.15, 0.2) is 0 Å². The quantitative estimate of drug-likeness (QED) is 0.822. The summed E-state index contributed by atoms with van der Waals surface area (Å²) in [6.07, 6.45) is 7.36. The van der Waals surface area contributed by atoms with Crippen molar-refractivity contribution in [3.63, 3.8) is 0 Å². The molecule has 4 heteroatoms. The fourth-order valence-corrected chi connectivity index (χ4v) is 1.72. The number of rotatable bonds is 2. The van der Waals surface area contributed by atoms with Gasteiger partial charge in [0.2, 0.25) is 0 Å². The van der Waals surface area contributed by atoms with Gasteiger partial charge < -0.3 is 4.57 Å². The van der Waals surface area contributed by atoms with Crippen molar-refractivity contribution in [3.8, 4) is 11.4 Å². The molecule has 0 aliphatic heterocycles. The minimum Gasteiger partial charge on any atom is -0.331 e. The average molecular weight is 252 g/mol. The summed E-state index contributed by atoms with van der Waals surface area (Å²) >= 11 is 3.39. The molecule has 0 amide bonds. The first kappa shape index (κ1) is 9.40. The van der Waals surface area contributed by atoms with E-state index >= 15 is 0 Å². The van der Waals surface area contributed by atoms with E-state index in [1.54, 1.807) is 12.4 Å². The van der Waals surface area contributed by atoms with Crippen molar-refractivity contribution in [1.82, 2.24) is 14.5 Å². The second-order valence-corrected chi connectivity index (χ2v) is 3.84. The molecule has 0 saturated heterocycles. The summed E-state index contributed by atoms with van der Waals surface area (Å²) in [7, 11) is 0. The molecule has 2 aromatic rings. The zero-order chi connectivity index (χ0) is 9.97. The maximum absolute atomic E-state index is 4.30. The third kappa shape index (κ3) is 1.70. The number of aryl methyl sites for hydroxylation is 1. The summed E-state index contributed by atoms with van der Waals surface area (Å²) in [6, 6.07) is 2.02. The van der Waals surface area contributed by atoms with Gasteiger partial charge in [-0.2, -0.15) is 0 Å². The Labute approximate surface area is 90.9 Å². The predicted molar refractivity (Wildman–Crippen MR) is 58.8 cm³/mol. The number of hydrogen-bond acceptors (Lipinski definition) is 2. The second-order valence-electron chi connectivity index (χ2n) is 2.93. The summed E-state index contributed by atoms with van der Waals surface area (Å²) < 4.78 is 3.06. The van der Waals surface area contributed by atoms with E-state index in [4.69, 9.17) is 0 Å². The summed E-state index contributed by atoms with van der Waals surface area (Å²) in [5, 5.41) is 0. The molecule has 0 bridgehead atoms. The van der Waals surface area contributed by atoms with E-state index in [2.05, 4.69) is 37.4 Å². The number of imidazole rings is 1. The van der Waals surface area contributed by atoms with E-state index in [1.165, 1.54) is 0 Å². The predicted octanol–water partition coefficient (Wildman–Crippen LogP) is 2.73. The molecule has 0 radical (unpaired) electrons. The Bertz CT molecular complexity index is 436. The monoisotopic (exact) mass is 251 g/mol. The van der Waals surface area contributed by atoms with E-state index in [9.17, 15) is 0 Å². The molecule has 0 N–H and O–H groups in total. The van der Waals surface area contributed by atoms with Crippen molar-refractivity contribution >= 4 is 15.9 Å². The smallest absolute Gasteiger partial charge is 0.141 e. The van der Waals surface area contributed by atoms with Crippen LogP contribution in [0.15, 0.2) is 35.3 Å². The summed E-state index contributed by atoms with van der Waals surface area (Å²) in [5.41, 5.74) is 1.03. The van der Waals surface area contributed by atoms with Crippen LogP contribution < -0.4 is 0 Å². The lowest BCUT2D eigenvalue weighted by atomic mass is 10.3. The summed E-state index contributed by atoms with van der Waals surface area (Å²) in [4.78, 5) is 8.42. The molecule has 0 aliphatic carbocycles. The van der Waals surface area contributed by atoms with E-state index in [0.717, 1.165) is 22.4 Å². The number of hydrogen-bond donors (Lipinski definition) is 0. The van der Waals surface area contributed by atoms with Crippen molar-refractivity contribution in [1.29, 1.82) is 0 Å². The van der Waals surface area contributed by atoms with E-state index in [0.29, 0.717) is 0 Å². The van der Waals surface area contributed by atoms with E-state index < -0.39 is 0 Å². The highest BCUT2D eigenvalue weighted by molar-refractivity contribution is 9.10. The number of aromatic nitrogens is 3. The molecule has 72 valence electrons. The fraction of sp³-hybridized carbons (Fsp3) is 0.200. The highest BCUT2D eigenvalue weighted by atomic mass is 79.9. The van der Waals surface area contributed by atoms with Gasteiger partial charge in [0.1, 0.15) is 5.82 Å². The maximum Gasteiger partial charge on any atom is 0.141 e. The van der Waals surface area contributed by atoms with Gasteiger partial charge in [-0.3, -0.25) is 4.98 Å². The SMILES string of the molecule is CCn1ccnc1-c1cncc(Br)c1. The molecule has 0 unspecified atom stereocenters. The molecule has 2 aromatic heterocycles. The van der Waals surface area contributed by atoms with Crippen LogP contribution in [0.3, 0.4) is 0 Å². The first-order valence-corrected chi connectivity index (χ1v) is 5.22. The van der Waals surface area contributed by atoms with Crippen LogP contribution in [0.5, 0.6) is 0 Å². The Morgan fingerprint density at radius 2 is 2.29 bits per heavy atom. The molecule has 14 heavy (non-hydrogen) atoms. The van der Waals surface area contributed by atoms with Crippen molar-refractivity contribution < 1.29 is 0 Å². The molecule has 2 rings (SSSR count). The number of pyridine rings is 1. The zero-order valence-corrected chi connectivity index (χ0v) is 9.40. The van der Waals surface area contributed by atoms with Crippen LogP contribution in [0, 0.1) is 0 Å². The van der Waals surface area contributed by atoms with Crippen LogP contribution in [-0.2, 0) is 6.54 Å². The highest BCUT2D eigenvalue weighted by Crippen LogP contribution is 2.19. The van der Waals surface area contributed by atoms with Gasteiger partial charge in [0, 0.05) is 41.4 Å². The molecule has 0 saturated carbocycles. The lowest BCUT2D eigenvalue weighted by Crippen LogP contribution is -1.96. The lowest BCUT2D eigenvalue weighted by molar-refractivity contribution is 0.770. The van der Waals surface area contributed by atoms with Gasteiger partial charge in [0.25, 0.3) is 0 Å². The van der Waals surface area contributed by atoms with Gasteiger partial charge in [-0.05, 0) is 28.9 Å². The average Bonchev–Trinajstić information content (AvgIpc) is 2.65. The van der Waals surface area contributed by atoms with Crippen molar-refractivity contribution in [2.45, 2.75) is 13.5 Å². The van der Waals surface area contributed by atoms with Crippen LogP contribution in [0.4, 0.5) is 0 Å². The molecular weight excluding hydrogens is 242 g/mol. The van der Waals surface area contributed by atoms with Gasteiger partial charge >= 0.3 is 0 Å². The minimum atomic E-state index is 0.918. The summed E-state index contributed by atoms with van der Waals surface area (Å²) in [5.74, 6) is 0.960. The standard InChI is InChI=1S/C10H10BrN3/c1-2-14-4-3-13-10(14)8-5-9(11)7-12-6-8/h3-7H,2H2,1H3. The Morgan fingerprint density at radius 1 is 1.43 bits per heavy atom. The topological polar surface area (TPSA) is 30.7 Å². The van der Waals surface area contributed by atoms with Crippen LogP contribution >= 0.6 is 15.9 Å². The number of halogens is 1. The normalized spacial score (nSPS) is 10.4. The van der Waals surface area contributed by atoms with Gasteiger partial charge in [-0.25, -0.2) is 4.98 Å². The molecule has 0 spiro atoms. The van der Waals surface area contributed by atoms with E-state index in [1.807, 2.05) is 18.5 Å². The van der Waals surface area contributed by atoms with Crippen LogP contribution in [0.25, 0.3) is 11.4 Å². The van der Waals surface area contributed by atoms with Crippen molar-refractivity contribution in [2.75, 3.05) is 0 Å². The van der Waals surface area contributed by atoms with E-state index in [-0.39, 0.29) is 0 Å². The third-order valence-electron chi connectivity index (χ3n) is 2.02. The Morgan fingerprint density at radius 3 is 3.00 bits per heavy atom. The van der Waals surface area contributed by atoms with Crippen LogP contribution in [0.2, 0.25) is 0 Å². The van der Waals surface area contributed by atoms with Gasteiger partial charge in [-0.15, -0.1) is 0 Å². The molecule has 0 fully saturated rings. The molecule has 0 aliphatic rings. The number of nitrogens with zero attached hydrogens (tertiary/aromatic N) is 3. The largest absolute Gasteiger partial charge is 0.331 e. The molecule has 0 aromatic carbocycles. The lowest BCUT2D eigenvalue weighted by Gasteiger charge is -2.03. The van der Waals surface area contributed by atoms with Crippen LogP contribution in [0.1, 0.15) is 6.92 Å². The first-order valence-electron chi connectivity index (χ1n) is 4.43. The maximum atomic E-state index is 4.30. The fourth-order valence-electron chi connectivity index (χ4n) is 1.36. The third-order valence-corrected chi connectivity index (χ3v) is 2.45. The molecule has 2 heterocycles. The Kier molecular flexibility index (Phi) is 2.63. The first-order chi connectivity index (χ1) is 6.81. The minimum absolute atomic E-state index is 0.918. The molecule has 0 atom stereocenters. The van der Waals surface area contributed by atoms with Crippen molar-refractivity contribution in [3.05, 3.63) is 35.3 Å². The zero-order valence-electron chi connectivity index (χ0n) is 7.81. The second kappa shape index (κ2) is 3.92. The van der Waals surface area contributed by atoms with Crippen molar-refractivity contribution in [2.24, 2.45) is 0 Å². The highest BCUT2D eigenvalue weighted by Gasteiger charge is 2.04. The Balaban J connectivity index is 2.49. The molecular formula is C10H10BrN3. The van der Waals surface area contributed by atoms with Crippen LogP contribution in [-0.4, -0.2) is 14.5 Å². The van der Waals surface area contributed by atoms with Gasteiger partial charge in [0.05, 0.1) is 0 Å². The molecule has 3 nitrogen and oxygen atoms in total. The summed E-state index contributed by atoms with van der Waals surface area (Å²) in [6.45, 7) is 3.01. The van der Waals surface area contributed by atoms with Gasteiger partial charge in [-0.1, -0.05) is 0 Å². The Hall–Kier alpha value is -1.16.